The van der Waals surface area contributed by atoms with E-state index < -0.39 is 12.0 Å². The van der Waals surface area contributed by atoms with Crippen LogP contribution < -0.4 is 5.73 Å². The summed E-state index contributed by atoms with van der Waals surface area (Å²) in [6.45, 7) is 2.43. The van der Waals surface area contributed by atoms with Gasteiger partial charge in [-0.25, -0.2) is 4.39 Å². The third kappa shape index (κ3) is 4.95. The second kappa shape index (κ2) is 7.01. The maximum Gasteiger partial charge on any atom is 0.323 e. The SMILES string of the molecule is CCCCOC(=O)[C@@H](N)Cc1ccc(F)cc1. The molecular formula is C13H18FNO2. The van der Waals surface area contributed by atoms with E-state index in [0.29, 0.717) is 13.0 Å². The fourth-order valence-corrected chi connectivity index (χ4v) is 1.38. The summed E-state index contributed by atoms with van der Waals surface area (Å²) in [6, 6.07) is 5.26. The van der Waals surface area contributed by atoms with Gasteiger partial charge >= 0.3 is 5.97 Å². The first-order valence-corrected chi connectivity index (χ1v) is 5.80. The molecule has 0 aliphatic carbocycles. The van der Waals surface area contributed by atoms with Crippen LogP contribution in [0.15, 0.2) is 24.3 Å². The second-order valence-corrected chi connectivity index (χ2v) is 3.96. The highest BCUT2D eigenvalue weighted by Crippen LogP contribution is 2.06. The van der Waals surface area contributed by atoms with E-state index in [1.165, 1.54) is 12.1 Å². The van der Waals surface area contributed by atoms with E-state index in [1.807, 2.05) is 6.92 Å². The van der Waals surface area contributed by atoms with Crippen molar-refractivity contribution in [1.29, 1.82) is 0 Å². The Morgan fingerprint density at radius 1 is 1.41 bits per heavy atom. The molecule has 0 aliphatic heterocycles. The Bertz CT molecular complexity index is 351. The first kappa shape index (κ1) is 13.6. The smallest absolute Gasteiger partial charge is 0.323 e. The van der Waals surface area contributed by atoms with Gasteiger partial charge in [-0.15, -0.1) is 0 Å². The summed E-state index contributed by atoms with van der Waals surface area (Å²) in [4.78, 5) is 11.5. The number of nitrogens with two attached hydrogens (primary N) is 1. The molecule has 0 spiro atoms. The molecule has 17 heavy (non-hydrogen) atoms. The second-order valence-electron chi connectivity index (χ2n) is 3.96. The number of ether oxygens (including phenoxy) is 1. The summed E-state index contributed by atoms with van der Waals surface area (Å²) in [5, 5.41) is 0. The van der Waals surface area contributed by atoms with E-state index in [4.69, 9.17) is 10.5 Å². The minimum absolute atomic E-state index is 0.298. The predicted octanol–water partition coefficient (Wildman–Crippen LogP) is 2.04. The van der Waals surface area contributed by atoms with E-state index in [2.05, 4.69) is 0 Å². The Kier molecular flexibility index (Phi) is 5.63. The number of hydrogen-bond donors (Lipinski definition) is 1. The van der Waals surface area contributed by atoms with Crippen LogP contribution in [0.3, 0.4) is 0 Å². The lowest BCUT2D eigenvalue weighted by atomic mass is 10.1. The van der Waals surface area contributed by atoms with Crippen LogP contribution >= 0.6 is 0 Å². The number of carbonyl (C=O) groups excluding carboxylic acids is 1. The lowest BCUT2D eigenvalue weighted by molar-refractivity contribution is -0.145. The van der Waals surface area contributed by atoms with Crippen LogP contribution in [0.2, 0.25) is 0 Å². The number of halogens is 1. The van der Waals surface area contributed by atoms with Crippen molar-refractivity contribution in [3.05, 3.63) is 35.6 Å². The maximum absolute atomic E-state index is 12.7. The molecule has 2 N–H and O–H groups in total. The molecule has 0 aromatic heterocycles. The van der Waals surface area contributed by atoms with Gasteiger partial charge in [-0.05, 0) is 30.5 Å². The predicted molar refractivity (Wildman–Crippen MR) is 63.9 cm³/mol. The van der Waals surface area contributed by atoms with Gasteiger partial charge in [-0.1, -0.05) is 25.5 Å². The van der Waals surface area contributed by atoms with Gasteiger partial charge in [0.25, 0.3) is 0 Å². The monoisotopic (exact) mass is 239 g/mol. The molecule has 0 saturated heterocycles. The Hall–Kier alpha value is -1.42. The summed E-state index contributed by atoms with van der Waals surface area (Å²) in [5.41, 5.74) is 6.53. The van der Waals surface area contributed by atoms with Crippen molar-refractivity contribution >= 4 is 5.97 Å². The molecule has 0 aliphatic rings. The highest BCUT2D eigenvalue weighted by atomic mass is 19.1. The Balaban J connectivity index is 2.40. The van der Waals surface area contributed by atoms with Crippen LogP contribution in [0.25, 0.3) is 0 Å². The molecule has 0 amide bonds. The number of rotatable bonds is 6. The zero-order valence-corrected chi connectivity index (χ0v) is 9.99. The Morgan fingerprint density at radius 2 is 2.06 bits per heavy atom. The number of hydrogen-bond acceptors (Lipinski definition) is 3. The lowest BCUT2D eigenvalue weighted by Gasteiger charge is -2.11. The molecule has 0 fully saturated rings. The van der Waals surface area contributed by atoms with Crippen molar-refractivity contribution in [1.82, 2.24) is 0 Å². The molecule has 1 aromatic carbocycles. The molecule has 3 nitrogen and oxygen atoms in total. The number of esters is 1. The van der Waals surface area contributed by atoms with Gasteiger partial charge in [-0.3, -0.25) is 4.79 Å². The van der Waals surface area contributed by atoms with E-state index >= 15 is 0 Å². The van der Waals surface area contributed by atoms with Crippen LogP contribution in [0.5, 0.6) is 0 Å². The first-order valence-electron chi connectivity index (χ1n) is 5.80. The maximum atomic E-state index is 12.7. The Morgan fingerprint density at radius 3 is 2.65 bits per heavy atom. The van der Waals surface area contributed by atoms with Crippen molar-refractivity contribution in [3.63, 3.8) is 0 Å². The third-order valence-electron chi connectivity index (χ3n) is 2.41. The molecule has 0 saturated carbocycles. The van der Waals surface area contributed by atoms with Crippen molar-refractivity contribution in [2.24, 2.45) is 5.73 Å². The largest absolute Gasteiger partial charge is 0.465 e. The van der Waals surface area contributed by atoms with Gasteiger partial charge in [0.15, 0.2) is 0 Å². The summed E-state index contributed by atoms with van der Waals surface area (Å²) < 4.78 is 17.7. The van der Waals surface area contributed by atoms with Crippen molar-refractivity contribution in [2.75, 3.05) is 6.61 Å². The van der Waals surface area contributed by atoms with Crippen molar-refractivity contribution in [2.45, 2.75) is 32.2 Å². The van der Waals surface area contributed by atoms with Gasteiger partial charge in [0.05, 0.1) is 6.61 Å². The highest BCUT2D eigenvalue weighted by molar-refractivity contribution is 5.75. The average Bonchev–Trinajstić information content (AvgIpc) is 2.32. The lowest BCUT2D eigenvalue weighted by Crippen LogP contribution is -2.34. The van der Waals surface area contributed by atoms with Crippen LogP contribution in [-0.4, -0.2) is 18.6 Å². The average molecular weight is 239 g/mol. The van der Waals surface area contributed by atoms with Crippen molar-refractivity contribution < 1.29 is 13.9 Å². The van der Waals surface area contributed by atoms with E-state index in [0.717, 1.165) is 18.4 Å². The quantitative estimate of drug-likeness (QED) is 0.610. The number of carbonyl (C=O) groups is 1. The standard InChI is InChI=1S/C13H18FNO2/c1-2-3-8-17-13(16)12(15)9-10-4-6-11(14)7-5-10/h4-7,12H,2-3,8-9,15H2,1H3/t12-/m0/s1. The summed E-state index contributed by atoms with van der Waals surface area (Å²) in [6.07, 6.45) is 2.18. The zero-order chi connectivity index (χ0) is 12.7. The van der Waals surface area contributed by atoms with Crippen LogP contribution in [0, 0.1) is 5.82 Å². The van der Waals surface area contributed by atoms with E-state index in [1.54, 1.807) is 12.1 Å². The van der Waals surface area contributed by atoms with E-state index in [-0.39, 0.29) is 5.82 Å². The van der Waals surface area contributed by atoms with Crippen molar-refractivity contribution in [3.8, 4) is 0 Å². The van der Waals surface area contributed by atoms with Gasteiger partial charge < -0.3 is 10.5 Å². The number of unbranched alkanes of at least 4 members (excludes halogenated alkanes) is 1. The van der Waals surface area contributed by atoms with Gasteiger partial charge in [0.1, 0.15) is 11.9 Å². The minimum atomic E-state index is -0.683. The molecule has 4 heteroatoms. The fraction of sp³-hybridized carbons (Fsp3) is 0.462. The van der Waals surface area contributed by atoms with Gasteiger partial charge in [-0.2, -0.15) is 0 Å². The van der Waals surface area contributed by atoms with Gasteiger partial charge in [0, 0.05) is 0 Å². The van der Waals surface area contributed by atoms with E-state index in [9.17, 15) is 9.18 Å². The molecule has 1 atom stereocenters. The van der Waals surface area contributed by atoms with Crippen LogP contribution in [-0.2, 0) is 16.0 Å². The van der Waals surface area contributed by atoms with Crippen LogP contribution in [0.1, 0.15) is 25.3 Å². The van der Waals surface area contributed by atoms with Gasteiger partial charge in [0.2, 0.25) is 0 Å². The molecule has 1 aromatic rings. The topological polar surface area (TPSA) is 52.3 Å². The molecule has 0 heterocycles. The fourth-order valence-electron chi connectivity index (χ4n) is 1.38. The molecule has 1 rings (SSSR count). The summed E-state index contributed by atoms with van der Waals surface area (Å²) >= 11 is 0. The molecule has 0 unspecified atom stereocenters. The number of benzene rings is 1. The summed E-state index contributed by atoms with van der Waals surface area (Å²) in [5.74, 6) is -0.699. The molecular weight excluding hydrogens is 221 g/mol. The normalized spacial score (nSPS) is 12.2. The van der Waals surface area contributed by atoms with Crippen LogP contribution in [0.4, 0.5) is 4.39 Å². The Labute approximate surface area is 101 Å². The highest BCUT2D eigenvalue weighted by Gasteiger charge is 2.15. The molecule has 94 valence electrons. The minimum Gasteiger partial charge on any atom is -0.465 e. The first-order chi connectivity index (χ1) is 8.13. The summed E-state index contributed by atoms with van der Waals surface area (Å²) in [7, 11) is 0. The molecule has 0 radical (unpaired) electrons. The molecule has 0 bridgehead atoms. The third-order valence-corrected chi connectivity index (χ3v) is 2.41. The zero-order valence-electron chi connectivity index (χ0n) is 9.99.